The number of aromatic nitrogens is 3. The van der Waals surface area contributed by atoms with Crippen LogP contribution in [0.1, 0.15) is 18.3 Å². The summed E-state index contributed by atoms with van der Waals surface area (Å²) in [6, 6.07) is 11.7. The molecule has 0 fully saturated rings. The zero-order valence-electron chi connectivity index (χ0n) is 16.5. The fraction of sp³-hybridized carbons (Fsp3) is 0.350. The van der Waals surface area contributed by atoms with E-state index in [0.717, 1.165) is 36.0 Å². The van der Waals surface area contributed by atoms with Gasteiger partial charge < -0.3 is 20.1 Å². The van der Waals surface area contributed by atoms with Gasteiger partial charge in [-0.3, -0.25) is 4.40 Å². The Morgan fingerprint density at radius 2 is 1.93 bits per heavy atom. The summed E-state index contributed by atoms with van der Waals surface area (Å²) in [5.74, 6) is 3.08. The minimum atomic E-state index is 0.531. The topological polar surface area (TPSA) is 85.1 Å². The van der Waals surface area contributed by atoms with Crippen molar-refractivity contribution >= 4 is 11.6 Å². The van der Waals surface area contributed by atoms with Crippen LogP contribution in [-0.4, -0.2) is 47.9 Å². The van der Waals surface area contributed by atoms with E-state index in [4.69, 9.17) is 9.47 Å². The van der Waals surface area contributed by atoms with E-state index in [2.05, 4.69) is 25.8 Å². The van der Waals surface area contributed by atoms with Gasteiger partial charge in [0.25, 0.3) is 0 Å². The lowest BCUT2D eigenvalue weighted by Crippen LogP contribution is -2.38. The number of ether oxygens (including phenoxy) is 2. The Labute approximate surface area is 164 Å². The molecule has 0 aliphatic heterocycles. The normalized spacial score (nSPS) is 11.5. The molecule has 0 atom stereocenters. The molecule has 0 radical (unpaired) electrons. The Morgan fingerprint density at radius 3 is 2.71 bits per heavy atom. The molecule has 28 heavy (non-hydrogen) atoms. The van der Waals surface area contributed by atoms with E-state index in [1.165, 1.54) is 0 Å². The smallest absolute Gasteiger partial charge is 0.191 e. The van der Waals surface area contributed by atoms with Crippen LogP contribution in [0.5, 0.6) is 11.5 Å². The Balaban J connectivity index is 1.61. The van der Waals surface area contributed by atoms with Gasteiger partial charge in [0.1, 0.15) is 5.82 Å². The molecule has 2 N–H and O–H groups in total. The van der Waals surface area contributed by atoms with Gasteiger partial charge in [-0.15, -0.1) is 10.2 Å². The van der Waals surface area contributed by atoms with Crippen molar-refractivity contribution in [2.24, 2.45) is 4.99 Å². The third-order valence-corrected chi connectivity index (χ3v) is 4.24. The van der Waals surface area contributed by atoms with Crippen LogP contribution in [0.4, 0.5) is 0 Å². The number of methoxy groups -OCH3 is 2. The van der Waals surface area contributed by atoms with Crippen LogP contribution in [0.25, 0.3) is 5.65 Å². The summed E-state index contributed by atoms with van der Waals surface area (Å²) < 4.78 is 12.6. The van der Waals surface area contributed by atoms with Gasteiger partial charge in [0.15, 0.2) is 23.1 Å². The van der Waals surface area contributed by atoms with Crippen molar-refractivity contribution in [2.75, 3.05) is 27.3 Å². The molecule has 0 unspecified atom stereocenters. The monoisotopic (exact) mass is 382 g/mol. The quantitative estimate of drug-likeness (QED) is 0.458. The third kappa shape index (κ3) is 4.70. The maximum absolute atomic E-state index is 5.35. The number of rotatable bonds is 8. The number of hydrogen-bond donors (Lipinski definition) is 2. The number of nitrogens with zero attached hydrogens (tertiary/aromatic N) is 4. The molecule has 3 aromatic rings. The summed E-state index contributed by atoms with van der Waals surface area (Å²) in [7, 11) is 3.26. The molecule has 0 amide bonds. The molecule has 2 aromatic heterocycles. The minimum Gasteiger partial charge on any atom is -0.493 e. The number of pyridine rings is 1. The van der Waals surface area contributed by atoms with Crippen LogP contribution in [-0.2, 0) is 13.0 Å². The molecule has 2 heterocycles. The molecule has 0 aliphatic rings. The second-order valence-corrected chi connectivity index (χ2v) is 6.11. The first-order valence-electron chi connectivity index (χ1n) is 9.27. The maximum atomic E-state index is 5.35. The number of aliphatic imine (C=N–C) groups is 1. The maximum Gasteiger partial charge on any atom is 0.191 e. The van der Waals surface area contributed by atoms with Crippen LogP contribution in [0, 0.1) is 0 Å². The molecule has 1 aromatic carbocycles. The molecule has 0 bridgehead atoms. The number of fused-ring (bicyclic) bond motifs is 1. The molecule has 8 nitrogen and oxygen atoms in total. The van der Waals surface area contributed by atoms with Gasteiger partial charge in [-0.25, -0.2) is 4.99 Å². The molecule has 3 rings (SSSR count). The highest BCUT2D eigenvalue weighted by Gasteiger charge is 2.06. The number of hydrogen-bond acceptors (Lipinski definition) is 5. The zero-order chi connectivity index (χ0) is 19.8. The van der Waals surface area contributed by atoms with Crippen LogP contribution < -0.4 is 20.1 Å². The van der Waals surface area contributed by atoms with Gasteiger partial charge in [-0.1, -0.05) is 12.1 Å². The van der Waals surface area contributed by atoms with E-state index < -0.39 is 0 Å². The van der Waals surface area contributed by atoms with Gasteiger partial charge in [0.2, 0.25) is 0 Å². The Morgan fingerprint density at radius 1 is 1.07 bits per heavy atom. The zero-order valence-corrected chi connectivity index (χ0v) is 16.5. The van der Waals surface area contributed by atoms with Crippen molar-refractivity contribution in [1.82, 2.24) is 25.2 Å². The molecule has 0 saturated heterocycles. The van der Waals surface area contributed by atoms with Gasteiger partial charge >= 0.3 is 0 Å². The second kappa shape index (κ2) is 9.59. The van der Waals surface area contributed by atoms with Crippen molar-refractivity contribution in [2.45, 2.75) is 19.9 Å². The molecular formula is C20H26N6O2. The van der Waals surface area contributed by atoms with Gasteiger partial charge in [-0.2, -0.15) is 0 Å². The largest absolute Gasteiger partial charge is 0.493 e. The van der Waals surface area contributed by atoms with E-state index in [1.54, 1.807) is 14.2 Å². The lowest BCUT2D eigenvalue weighted by molar-refractivity contribution is 0.354. The summed E-state index contributed by atoms with van der Waals surface area (Å²) >= 11 is 0. The third-order valence-electron chi connectivity index (χ3n) is 4.24. The Bertz CT molecular complexity index is 937. The highest BCUT2D eigenvalue weighted by molar-refractivity contribution is 5.79. The highest BCUT2D eigenvalue weighted by atomic mass is 16.5. The van der Waals surface area contributed by atoms with Crippen molar-refractivity contribution in [1.29, 1.82) is 0 Å². The standard InChI is InChI=1S/C20H26N6O2/c1-4-21-20(23-14-15-8-9-16(27-2)17(13-15)28-3)22-11-10-19-25-24-18-7-5-6-12-26(18)19/h5-9,12-13H,4,10-11,14H2,1-3H3,(H2,21,22,23). The molecule has 0 aliphatic carbocycles. The first-order chi connectivity index (χ1) is 13.7. The summed E-state index contributed by atoms with van der Waals surface area (Å²) in [6.07, 6.45) is 2.72. The van der Waals surface area contributed by atoms with E-state index in [1.807, 2.05) is 53.9 Å². The van der Waals surface area contributed by atoms with Crippen molar-refractivity contribution in [3.63, 3.8) is 0 Å². The lowest BCUT2D eigenvalue weighted by Gasteiger charge is -2.12. The fourth-order valence-electron chi connectivity index (χ4n) is 2.85. The number of nitrogens with one attached hydrogen (secondary N) is 2. The number of benzene rings is 1. The average molecular weight is 382 g/mol. The Hall–Kier alpha value is -3.29. The van der Waals surface area contributed by atoms with Gasteiger partial charge in [-0.05, 0) is 36.8 Å². The van der Waals surface area contributed by atoms with E-state index >= 15 is 0 Å². The lowest BCUT2D eigenvalue weighted by atomic mass is 10.2. The van der Waals surface area contributed by atoms with Crippen molar-refractivity contribution in [3.05, 3.63) is 54.0 Å². The molecule has 0 saturated carbocycles. The molecule has 148 valence electrons. The fourth-order valence-corrected chi connectivity index (χ4v) is 2.85. The first kappa shape index (κ1) is 19.5. The predicted octanol–water partition coefficient (Wildman–Crippen LogP) is 2.04. The van der Waals surface area contributed by atoms with Crippen molar-refractivity contribution < 1.29 is 9.47 Å². The van der Waals surface area contributed by atoms with Crippen LogP contribution in [0.15, 0.2) is 47.6 Å². The summed E-state index contributed by atoms with van der Waals surface area (Å²) in [6.45, 7) is 4.06. The summed E-state index contributed by atoms with van der Waals surface area (Å²) in [5, 5.41) is 15.0. The van der Waals surface area contributed by atoms with Gasteiger partial charge in [0.05, 0.1) is 20.8 Å². The van der Waals surface area contributed by atoms with Crippen LogP contribution >= 0.6 is 0 Å². The van der Waals surface area contributed by atoms with Gasteiger partial charge in [0, 0.05) is 25.7 Å². The van der Waals surface area contributed by atoms with Crippen LogP contribution in [0.3, 0.4) is 0 Å². The van der Waals surface area contributed by atoms with E-state index in [9.17, 15) is 0 Å². The summed E-state index contributed by atoms with van der Waals surface area (Å²) in [5.41, 5.74) is 1.89. The molecule has 0 spiro atoms. The molecule has 8 heteroatoms. The van der Waals surface area contributed by atoms with E-state index in [0.29, 0.717) is 24.6 Å². The highest BCUT2D eigenvalue weighted by Crippen LogP contribution is 2.27. The first-order valence-corrected chi connectivity index (χ1v) is 9.27. The summed E-state index contributed by atoms with van der Waals surface area (Å²) in [4.78, 5) is 4.65. The number of guanidine groups is 1. The predicted molar refractivity (Wildman–Crippen MR) is 109 cm³/mol. The second-order valence-electron chi connectivity index (χ2n) is 6.11. The molecular weight excluding hydrogens is 356 g/mol. The Kier molecular flexibility index (Phi) is 6.67. The van der Waals surface area contributed by atoms with E-state index in [-0.39, 0.29) is 0 Å². The SMILES string of the molecule is CCNC(=NCc1ccc(OC)c(OC)c1)NCCc1nnc2ccccn12. The van der Waals surface area contributed by atoms with Crippen LogP contribution in [0.2, 0.25) is 0 Å². The van der Waals surface area contributed by atoms with Crippen molar-refractivity contribution in [3.8, 4) is 11.5 Å². The average Bonchev–Trinajstić information content (AvgIpc) is 3.15. The minimum absolute atomic E-state index is 0.531.